The second-order valence-electron chi connectivity index (χ2n) is 6.95. The maximum Gasteiger partial charge on any atom is 0.346 e. The number of nitriles is 1. The highest BCUT2D eigenvalue weighted by Gasteiger charge is 2.43. The predicted molar refractivity (Wildman–Crippen MR) is 96.0 cm³/mol. The number of aliphatic carboxylic acids is 1. The van der Waals surface area contributed by atoms with Crippen molar-refractivity contribution in [2.24, 2.45) is 5.92 Å². The van der Waals surface area contributed by atoms with E-state index in [1.54, 1.807) is 6.07 Å². The first-order valence-electron chi connectivity index (χ1n) is 8.73. The molecule has 2 aromatic carbocycles. The summed E-state index contributed by atoms with van der Waals surface area (Å²) in [6.07, 6.45) is 5.15. The molecule has 2 aliphatic rings. The van der Waals surface area contributed by atoms with Gasteiger partial charge in [0.05, 0.1) is 0 Å². The lowest BCUT2D eigenvalue weighted by atomic mass is 9.84. The topological polar surface area (TPSA) is 61.1 Å². The number of fused-ring (bicyclic) bond motifs is 3. The number of hydrogen-bond donors (Lipinski definition) is 1. The van der Waals surface area contributed by atoms with Gasteiger partial charge in [-0.3, -0.25) is 0 Å². The molecule has 0 aromatic heterocycles. The van der Waals surface area contributed by atoms with E-state index >= 15 is 0 Å². The van der Waals surface area contributed by atoms with Crippen molar-refractivity contribution in [1.29, 1.82) is 5.26 Å². The summed E-state index contributed by atoms with van der Waals surface area (Å²) in [4.78, 5) is 11.1. The van der Waals surface area contributed by atoms with Crippen molar-refractivity contribution >= 4 is 12.0 Å². The van der Waals surface area contributed by atoms with E-state index < -0.39 is 5.97 Å². The zero-order chi connectivity index (χ0) is 17.4. The summed E-state index contributed by atoms with van der Waals surface area (Å²) < 4.78 is 0. The van der Waals surface area contributed by atoms with Crippen LogP contribution in [0.1, 0.15) is 53.4 Å². The molecule has 4 rings (SSSR count). The third kappa shape index (κ3) is 2.64. The minimum atomic E-state index is -1.18. The van der Waals surface area contributed by atoms with Gasteiger partial charge in [-0.15, -0.1) is 0 Å². The maximum absolute atomic E-state index is 11.1. The van der Waals surface area contributed by atoms with Crippen molar-refractivity contribution in [3.05, 3.63) is 76.4 Å². The lowest BCUT2D eigenvalue weighted by Crippen LogP contribution is -2.08. The number of nitrogens with zero attached hydrogens (tertiary/aromatic N) is 1. The molecule has 2 aliphatic carbocycles. The van der Waals surface area contributed by atoms with E-state index in [9.17, 15) is 4.79 Å². The Morgan fingerprint density at radius 2 is 1.92 bits per heavy atom. The van der Waals surface area contributed by atoms with Gasteiger partial charge >= 0.3 is 5.97 Å². The molecule has 0 saturated heterocycles. The Morgan fingerprint density at radius 3 is 2.64 bits per heavy atom. The normalized spacial score (nSPS) is 24.4. The molecule has 1 unspecified atom stereocenters. The Morgan fingerprint density at radius 1 is 1.12 bits per heavy atom. The molecule has 25 heavy (non-hydrogen) atoms. The molecule has 1 N–H and O–H groups in total. The summed E-state index contributed by atoms with van der Waals surface area (Å²) in [6.45, 7) is 0. The third-order valence-corrected chi connectivity index (χ3v) is 5.66. The average Bonchev–Trinajstić information content (AvgIpc) is 3.20. The molecule has 0 bridgehead atoms. The molecule has 3 atom stereocenters. The largest absolute Gasteiger partial charge is 0.477 e. The van der Waals surface area contributed by atoms with Crippen LogP contribution in [0.2, 0.25) is 0 Å². The summed E-state index contributed by atoms with van der Waals surface area (Å²) >= 11 is 0. The summed E-state index contributed by atoms with van der Waals surface area (Å²) in [6, 6.07) is 18.6. The molecule has 0 radical (unpaired) electrons. The number of carbonyl (C=O) groups is 1. The minimum Gasteiger partial charge on any atom is -0.477 e. The highest BCUT2D eigenvalue weighted by Crippen LogP contribution is 2.57. The van der Waals surface area contributed by atoms with E-state index in [4.69, 9.17) is 10.4 Å². The second-order valence-corrected chi connectivity index (χ2v) is 6.95. The van der Waals surface area contributed by atoms with E-state index in [2.05, 4.69) is 42.5 Å². The molecular weight excluding hydrogens is 310 g/mol. The minimum absolute atomic E-state index is 0.222. The molecule has 0 heterocycles. The summed E-state index contributed by atoms with van der Waals surface area (Å²) in [5.41, 5.74) is 4.65. The summed E-state index contributed by atoms with van der Waals surface area (Å²) in [7, 11) is 0. The molecular formula is C22H19NO2. The fraction of sp³-hybridized carbons (Fsp3) is 0.273. The van der Waals surface area contributed by atoms with E-state index in [1.807, 2.05) is 6.07 Å². The van der Waals surface area contributed by atoms with Crippen LogP contribution in [0.15, 0.2) is 54.1 Å². The van der Waals surface area contributed by atoms with Crippen LogP contribution in [-0.4, -0.2) is 11.1 Å². The Bertz CT molecular complexity index is 892. The van der Waals surface area contributed by atoms with Crippen LogP contribution in [0, 0.1) is 17.2 Å². The van der Waals surface area contributed by atoms with Crippen LogP contribution >= 0.6 is 0 Å². The van der Waals surface area contributed by atoms with E-state index in [0.717, 1.165) is 5.56 Å². The SMILES string of the molecule is N#C/C(=C/c1ccc2c(c1)[C@@H]1CCC[C@@H]1C2c1ccccc1)C(=O)O. The van der Waals surface area contributed by atoms with Crippen LogP contribution in [0.5, 0.6) is 0 Å². The quantitative estimate of drug-likeness (QED) is 0.655. The van der Waals surface area contributed by atoms with E-state index in [-0.39, 0.29) is 5.57 Å². The van der Waals surface area contributed by atoms with Gasteiger partial charge in [0.15, 0.2) is 0 Å². The smallest absolute Gasteiger partial charge is 0.346 e. The van der Waals surface area contributed by atoms with Gasteiger partial charge in [0.25, 0.3) is 0 Å². The third-order valence-electron chi connectivity index (χ3n) is 5.66. The molecule has 0 aliphatic heterocycles. The standard InChI is InChI=1S/C22H19NO2/c23-13-16(22(24)25)11-14-9-10-19-20(12-14)17-7-4-8-18(17)21(19)15-5-2-1-3-6-15/h1-3,5-6,9-12,17-18,21H,4,7-8H2,(H,24,25)/b16-11-/t17-,18+,21?/m1/s1. The zero-order valence-electron chi connectivity index (χ0n) is 13.9. The molecule has 1 fully saturated rings. The first kappa shape index (κ1) is 15.7. The highest BCUT2D eigenvalue weighted by atomic mass is 16.4. The van der Waals surface area contributed by atoms with Gasteiger partial charge in [0, 0.05) is 5.92 Å². The van der Waals surface area contributed by atoms with Crippen molar-refractivity contribution in [3.8, 4) is 6.07 Å². The number of rotatable bonds is 3. The lowest BCUT2D eigenvalue weighted by molar-refractivity contribution is -0.132. The maximum atomic E-state index is 11.1. The van der Waals surface area contributed by atoms with E-state index in [1.165, 1.54) is 42.0 Å². The molecule has 124 valence electrons. The van der Waals surface area contributed by atoms with Crippen molar-refractivity contribution in [3.63, 3.8) is 0 Å². The first-order chi connectivity index (χ1) is 12.2. The Kier molecular flexibility index (Phi) is 3.89. The number of carboxylic acids is 1. The number of carboxylic acid groups (broad SMARTS) is 1. The van der Waals surface area contributed by atoms with Gasteiger partial charge in [-0.2, -0.15) is 5.26 Å². The van der Waals surface area contributed by atoms with Crippen molar-refractivity contribution in [2.75, 3.05) is 0 Å². The first-order valence-corrected chi connectivity index (χ1v) is 8.73. The van der Waals surface area contributed by atoms with Gasteiger partial charge in [-0.05, 0) is 53.0 Å². The fourth-order valence-corrected chi connectivity index (χ4v) is 4.69. The highest BCUT2D eigenvalue weighted by molar-refractivity contribution is 5.96. The summed E-state index contributed by atoms with van der Waals surface area (Å²) in [5, 5.41) is 18.1. The van der Waals surface area contributed by atoms with Crippen LogP contribution in [0.4, 0.5) is 0 Å². The molecule has 1 saturated carbocycles. The van der Waals surface area contributed by atoms with Crippen molar-refractivity contribution in [1.82, 2.24) is 0 Å². The van der Waals surface area contributed by atoms with Crippen LogP contribution in [0.3, 0.4) is 0 Å². The Labute approximate surface area is 147 Å². The predicted octanol–water partition coefficient (Wildman–Crippen LogP) is 4.71. The van der Waals surface area contributed by atoms with Crippen molar-refractivity contribution in [2.45, 2.75) is 31.1 Å². The molecule has 2 aromatic rings. The average molecular weight is 329 g/mol. The lowest BCUT2D eigenvalue weighted by Gasteiger charge is -2.20. The van der Waals surface area contributed by atoms with Crippen LogP contribution < -0.4 is 0 Å². The van der Waals surface area contributed by atoms with Crippen LogP contribution in [0.25, 0.3) is 6.08 Å². The number of benzene rings is 2. The molecule has 0 spiro atoms. The Balaban J connectivity index is 1.79. The summed E-state index contributed by atoms with van der Waals surface area (Å²) in [5.74, 6) is 0.427. The van der Waals surface area contributed by atoms with Gasteiger partial charge in [0.2, 0.25) is 0 Å². The Hall–Kier alpha value is -2.86. The van der Waals surface area contributed by atoms with Crippen LogP contribution in [-0.2, 0) is 4.79 Å². The van der Waals surface area contributed by atoms with Gasteiger partial charge in [0.1, 0.15) is 11.6 Å². The second kappa shape index (κ2) is 6.22. The number of hydrogen-bond acceptors (Lipinski definition) is 2. The molecule has 0 amide bonds. The van der Waals surface area contributed by atoms with Gasteiger partial charge in [-0.1, -0.05) is 55.0 Å². The molecule has 3 heteroatoms. The molecule has 3 nitrogen and oxygen atoms in total. The monoisotopic (exact) mass is 329 g/mol. The van der Waals surface area contributed by atoms with Crippen molar-refractivity contribution < 1.29 is 9.90 Å². The van der Waals surface area contributed by atoms with Gasteiger partial charge in [-0.25, -0.2) is 4.79 Å². The van der Waals surface area contributed by atoms with Gasteiger partial charge < -0.3 is 5.11 Å². The zero-order valence-corrected chi connectivity index (χ0v) is 13.9. The fourth-order valence-electron chi connectivity index (χ4n) is 4.69. The van der Waals surface area contributed by atoms with E-state index in [0.29, 0.717) is 17.8 Å².